The van der Waals surface area contributed by atoms with Gasteiger partial charge in [0.05, 0.1) is 17.7 Å². The third kappa shape index (κ3) is 4.25. The molecule has 1 amide bonds. The van der Waals surface area contributed by atoms with Crippen LogP contribution >= 0.6 is 24.0 Å². The highest BCUT2D eigenvalue weighted by atomic mass is 32.2. The topological polar surface area (TPSA) is 29.5 Å². The number of ether oxygens (including phenoxy) is 1. The molecular formula is C22H23NO2S2. The first-order valence-electron chi connectivity index (χ1n) is 9.05. The van der Waals surface area contributed by atoms with Gasteiger partial charge >= 0.3 is 0 Å². The Morgan fingerprint density at radius 2 is 1.78 bits per heavy atom. The van der Waals surface area contributed by atoms with Gasteiger partial charge in [0.15, 0.2) is 4.32 Å². The lowest BCUT2D eigenvalue weighted by atomic mass is 10.1. The Kier molecular flexibility index (Phi) is 6.34. The minimum atomic E-state index is -0.0559. The lowest BCUT2D eigenvalue weighted by Gasteiger charge is -2.15. The molecule has 2 aromatic carbocycles. The molecule has 1 heterocycles. The van der Waals surface area contributed by atoms with Crippen LogP contribution < -0.4 is 9.64 Å². The van der Waals surface area contributed by atoms with E-state index in [1.165, 1.54) is 30.2 Å². The van der Waals surface area contributed by atoms with Gasteiger partial charge in [-0.3, -0.25) is 9.69 Å². The summed E-state index contributed by atoms with van der Waals surface area (Å²) in [5.41, 5.74) is 4.04. The highest BCUT2D eigenvalue weighted by Gasteiger charge is 2.34. The average Bonchev–Trinajstić information content (AvgIpc) is 3.00. The summed E-state index contributed by atoms with van der Waals surface area (Å²) in [5, 5.41) is 0. The maximum Gasteiger partial charge on any atom is 0.271 e. The van der Waals surface area contributed by atoms with Crippen LogP contribution in [-0.4, -0.2) is 17.3 Å². The zero-order valence-electron chi connectivity index (χ0n) is 15.8. The summed E-state index contributed by atoms with van der Waals surface area (Å²) in [6.07, 6.45) is 3.40. The van der Waals surface area contributed by atoms with E-state index in [9.17, 15) is 4.79 Å². The van der Waals surface area contributed by atoms with Crippen molar-refractivity contribution in [3.05, 3.63) is 64.6 Å². The van der Waals surface area contributed by atoms with E-state index < -0.39 is 0 Å². The quantitative estimate of drug-likeness (QED) is 0.453. The highest BCUT2D eigenvalue weighted by molar-refractivity contribution is 8.27. The largest absolute Gasteiger partial charge is 0.497 e. The molecule has 1 aliphatic heterocycles. The SMILES string of the molecule is CCCCc1ccc(N2C(=O)/C(=C(\C)c3ccc(OC)cc3)SC2=S)cc1. The van der Waals surface area contributed by atoms with Crippen LogP contribution in [0.2, 0.25) is 0 Å². The molecule has 140 valence electrons. The summed E-state index contributed by atoms with van der Waals surface area (Å²) in [5.74, 6) is 0.738. The van der Waals surface area contributed by atoms with E-state index >= 15 is 0 Å². The normalized spacial score (nSPS) is 16.0. The number of thioether (sulfide) groups is 1. The number of amides is 1. The Bertz CT molecular complexity index is 870. The molecule has 1 saturated heterocycles. The molecule has 1 aliphatic rings. The van der Waals surface area contributed by atoms with Gasteiger partial charge in [0, 0.05) is 0 Å². The minimum absolute atomic E-state index is 0.0559. The van der Waals surface area contributed by atoms with Crippen molar-refractivity contribution in [2.24, 2.45) is 0 Å². The Labute approximate surface area is 170 Å². The number of allylic oxidation sites excluding steroid dienone is 1. The lowest BCUT2D eigenvalue weighted by Crippen LogP contribution is -2.27. The first kappa shape index (κ1) is 19.6. The summed E-state index contributed by atoms with van der Waals surface area (Å²) in [6.45, 7) is 4.15. The molecule has 0 radical (unpaired) electrons. The van der Waals surface area contributed by atoms with Gasteiger partial charge in [-0.25, -0.2) is 0 Å². The monoisotopic (exact) mass is 397 g/mol. The zero-order chi connectivity index (χ0) is 19.4. The smallest absolute Gasteiger partial charge is 0.271 e. The van der Waals surface area contributed by atoms with Crippen LogP contribution in [0.25, 0.3) is 5.57 Å². The minimum Gasteiger partial charge on any atom is -0.497 e. The summed E-state index contributed by atoms with van der Waals surface area (Å²) in [6, 6.07) is 15.9. The fourth-order valence-corrected chi connectivity index (χ4v) is 4.33. The third-order valence-corrected chi connectivity index (χ3v) is 6.12. The van der Waals surface area contributed by atoms with Gasteiger partial charge in [-0.2, -0.15) is 0 Å². The molecule has 0 N–H and O–H groups in total. The number of unbranched alkanes of at least 4 members (excludes halogenated alkanes) is 1. The number of hydrogen-bond donors (Lipinski definition) is 0. The number of benzene rings is 2. The maximum absolute atomic E-state index is 13.0. The average molecular weight is 398 g/mol. The van der Waals surface area contributed by atoms with Gasteiger partial charge in [-0.1, -0.05) is 61.6 Å². The van der Waals surface area contributed by atoms with E-state index in [1.807, 2.05) is 43.3 Å². The molecule has 0 aromatic heterocycles. The molecule has 0 spiro atoms. The molecule has 3 rings (SSSR count). The van der Waals surface area contributed by atoms with E-state index in [4.69, 9.17) is 17.0 Å². The number of nitrogens with zero attached hydrogens (tertiary/aromatic N) is 1. The molecule has 1 fully saturated rings. The molecule has 0 atom stereocenters. The number of thiocarbonyl (C=S) groups is 1. The Morgan fingerprint density at radius 1 is 1.11 bits per heavy atom. The van der Waals surface area contributed by atoms with Gasteiger partial charge < -0.3 is 4.74 Å². The second-order valence-electron chi connectivity index (χ2n) is 6.46. The van der Waals surface area contributed by atoms with Crippen molar-refractivity contribution in [2.75, 3.05) is 12.0 Å². The van der Waals surface area contributed by atoms with Gasteiger partial charge in [0.25, 0.3) is 5.91 Å². The third-order valence-electron chi connectivity index (χ3n) is 4.65. The van der Waals surface area contributed by atoms with Crippen molar-refractivity contribution in [3.63, 3.8) is 0 Å². The van der Waals surface area contributed by atoms with Crippen LogP contribution in [0.1, 0.15) is 37.8 Å². The van der Waals surface area contributed by atoms with Gasteiger partial charge in [-0.15, -0.1) is 0 Å². The predicted molar refractivity (Wildman–Crippen MR) is 118 cm³/mol. The van der Waals surface area contributed by atoms with Crippen LogP contribution in [0.5, 0.6) is 5.75 Å². The molecule has 2 aromatic rings. The lowest BCUT2D eigenvalue weighted by molar-refractivity contribution is -0.113. The van der Waals surface area contributed by atoms with Crippen LogP contribution in [-0.2, 0) is 11.2 Å². The maximum atomic E-state index is 13.0. The second-order valence-corrected chi connectivity index (χ2v) is 8.11. The molecular weight excluding hydrogens is 374 g/mol. The summed E-state index contributed by atoms with van der Waals surface area (Å²) >= 11 is 6.87. The summed E-state index contributed by atoms with van der Waals surface area (Å²) in [7, 11) is 1.64. The predicted octanol–water partition coefficient (Wildman–Crippen LogP) is 5.83. The Balaban J connectivity index is 1.85. The van der Waals surface area contributed by atoms with E-state index in [0.717, 1.165) is 29.0 Å². The van der Waals surface area contributed by atoms with Crippen molar-refractivity contribution >= 4 is 45.5 Å². The van der Waals surface area contributed by atoms with Crippen LogP contribution in [0.4, 0.5) is 5.69 Å². The molecule has 0 aliphatic carbocycles. The fourth-order valence-electron chi connectivity index (χ4n) is 2.99. The number of carbonyl (C=O) groups is 1. The van der Waals surface area contributed by atoms with Crippen molar-refractivity contribution in [1.82, 2.24) is 0 Å². The number of methoxy groups -OCH3 is 1. The number of anilines is 1. The summed E-state index contributed by atoms with van der Waals surface area (Å²) in [4.78, 5) is 15.4. The molecule has 0 bridgehead atoms. The van der Waals surface area contributed by atoms with Crippen LogP contribution in [0, 0.1) is 0 Å². The van der Waals surface area contributed by atoms with Crippen molar-refractivity contribution in [1.29, 1.82) is 0 Å². The van der Waals surface area contributed by atoms with Crippen LogP contribution in [0.15, 0.2) is 53.4 Å². The first-order valence-corrected chi connectivity index (χ1v) is 10.3. The van der Waals surface area contributed by atoms with E-state index in [1.54, 1.807) is 12.0 Å². The van der Waals surface area contributed by atoms with Crippen molar-refractivity contribution in [2.45, 2.75) is 33.1 Å². The molecule has 27 heavy (non-hydrogen) atoms. The second kappa shape index (κ2) is 8.72. The molecule has 0 unspecified atom stereocenters. The molecule has 5 heteroatoms. The van der Waals surface area contributed by atoms with Gasteiger partial charge in [-0.05, 0) is 60.7 Å². The van der Waals surface area contributed by atoms with Crippen molar-refractivity contribution in [3.8, 4) is 5.75 Å². The Hall–Kier alpha value is -2.11. The van der Waals surface area contributed by atoms with Gasteiger partial charge in [0.2, 0.25) is 0 Å². The first-order chi connectivity index (χ1) is 13.0. The molecule has 3 nitrogen and oxygen atoms in total. The highest BCUT2D eigenvalue weighted by Crippen LogP contribution is 2.39. The van der Waals surface area contributed by atoms with E-state index in [-0.39, 0.29) is 5.91 Å². The fraction of sp³-hybridized carbons (Fsp3) is 0.273. The number of carbonyl (C=O) groups excluding carboxylic acids is 1. The summed E-state index contributed by atoms with van der Waals surface area (Å²) < 4.78 is 5.78. The zero-order valence-corrected chi connectivity index (χ0v) is 17.5. The molecule has 0 saturated carbocycles. The van der Waals surface area contributed by atoms with E-state index in [0.29, 0.717) is 9.23 Å². The van der Waals surface area contributed by atoms with Gasteiger partial charge in [0.1, 0.15) is 5.75 Å². The van der Waals surface area contributed by atoms with Crippen molar-refractivity contribution < 1.29 is 9.53 Å². The van der Waals surface area contributed by atoms with Crippen LogP contribution in [0.3, 0.4) is 0 Å². The number of hydrogen-bond acceptors (Lipinski definition) is 4. The number of aryl methyl sites for hydroxylation is 1. The Morgan fingerprint density at radius 3 is 2.37 bits per heavy atom. The number of rotatable bonds is 6. The van der Waals surface area contributed by atoms with E-state index in [2.05, 4.69) is 19.1 Å². The standard InChI is InChI=1S/C22H23NO2S2/c1-4-5-6-16-7-11-18(12-8-16)23-21(24)20(27-22(23)26)15(2)17-9-13-19(25-3)14-10-17/h7-14H,4-6H2,1-3H3/b20-15-.